The fourth-order valence-corrected chi connectivity index (χ4v) is 2.96. The third kappa shape index (κ3) is 4.55. The number of benzene rings is 1. The molecule has 20 heavy (non-hydrogen) atoms. The molecular formula is C15H24ClNO2S. The first-order valence-electron chi connectivity index (χ1n) is 6.75. The summed E-state index contributed by atoms with van der Waals surface area (Å²) in [7, 11) is 0.327. The van der Waals surface area contributed by atoms with E-state index in [1.807, 2.05) is 32.0 Å². The summed E-state index contributed by atoms with van der Waals surface area (Å²) in [6, 6.07) is 5.88. The van der Waals surface area contributed by atoms with Gasteiger partial charge in [-0.3, -0.25) is 5.14 Å². The van der Waals surface area contributed by atoms with E-state index in [0.717, 1.165) is 18.4 Å². The van der Waals surface area contributed by atoms with Crippen LogP contribution < -0.4 is 5.14 Å². The molecule has 2 N–H and O–H groups in total. The molecule has 1 aromatic rings. The molecule has 0 bridgehead atoms. The first kappa shape index (κ1) is 17.6. The molecule has 0 saturated heterocycles. The van der Waals surface area contributed by atoms with Crippen molar-refractivity contribution in [3.05, 3.63) is 34.3 Å². The van der Waals surface area contributed by atoms with Gasteiger partial charge in [0.25, 0.3) is 0 Å². The van der Waals surface area contributed by atoms with Crippen LogP contribution in [0.5, 0.6) is 0 Å². The van der Waals surface area contributed by atoms with Crippen LogP contribution >= 0.6 is 11.6 Å². The lowest BCUT2D eigenvalue weighted by Gasteiger charge is -2.28. The monoisotopic (exact) mass is 317 g/mol. The summed E-state index contributed by atoms with van der Waals surface area (Å²) in [4.78, 5) is 0. The Labute approximate surface area is 129 Å². The normalized spacial score (nSPS) is 15.1. The molecule has 5 heteroatoms. The molecule has 0 aliphatic heterocycles. The van der Waals surface area contributed by atoms with Crippen molar-refractivity contribution in [3.63, 3.8) is 0 Å². The quantitative estimate of drug-likeness (QED) is 0.832. The van der Waals surface area contributed by atoms with E-state index in [2.05, 4.69) is 6.92 Å². The minimum absolute atomic E-state index is 0.292. The van der Waals surface area contributed by atoms with E-state index in [4.69, 9.17) is 21.5 Å². The van der Waals surface area contributed by atoms with Gasteiger partial charge in [-0.1, -0.05) is 24.6 Å². The van der Waals surface area contributed by atoms with Crippen LogP contribution in [0.1, 0.15) is 50.7 Å². The Morgan fingerprint density at radius 2 is 2.10 bits per heavy atom. The van der Waals surface area contributed by atoms with Gasteiger partial charge in [-0.05, 0) is 55.9 Å². The largest absolute Gasteiger partial charge is 0.380 e. The highest BCUT2D eigenvalue weighted by Crippen LogP contribution is 2.34. The maximum absolute atomic E-state index is 11.7. The summed E-state index contributed by atoms with van der Waals surface area (Å²) >= 11 is 6.06. The van der Waals surface area contributed by atoms with Crippen molar-refractivity contribution in [2.24, 2.45) is 5.14 Å². The Balaban J connectivity index is 3.09. The van der Waals surface area contributed by atoms with Crippen LogP contribution in [0.15, 0.2) is 18.2 Å². The van der Waals surface area contributed by atoms with Crippen molar-refractivity contribution < 1.29 is 8.95 Å². The molecule has 0 aromatic heterocycles. The second kappa shape index (κ2) is 7.55. The van der Waals surface area contributed by atoms with Crippen LogP contribution in [0, 0.1) is 0 Å². The Hall–Kier alpha value is -0.420. The Morgan fingerprint density at radius 1 is 1.45 bits per heavy atom. The van der Waals surface area contributed by atoms with Gasteiger partial charge in [0.05, 0.1) is 22.3 Å². The molecule has 0 aliphatic rings. The number of methoxy groups -OCH3 is 1. The minimum atomic E-state index is -1.34. The predicted molar refractivity (Wildman–Crippen MR) is 86.2 cm³/mol. The van der Waals surface area contributed by atoms with Gasteiger partial charge in [0, 0.05) is 12.1 Å². The van der Waals surface area contributed by atoms with E-state index in [9.17, 15) is 4.21 Å². The number of hydrogen-bond donors (Lipinski definition) is 1. The van der Waals surface area contributed by atoms with Crippen LogP contribution in [0.25, 0.3) is 0 Å². The van der Waals surface area contributed by atoms with Crippen molar-refractivity contribution in [2.45, 2.75) is 50.9 Å². The Kier molecular flexibility index (Phi) is 6.65. The van der Waals surface area contributed by atoms with Gasteiger partial charge in [-0.2, -0.15) is 0 Å². The number of hydrogen-bond acceptors (Lipinski definition) is 2. The second-order valence-corrected chi connectivity index (χ2v) is 7.78. The average Bonchev–Trinajstić information content (AvgIpc) is 2.37. The van der Waals surface area contributed by atoms with E-state index < -0.39 is 15.7 Å². The van der Waals surface area contributed by atoms with E-state index >= 15 is 0 Å². The zero-order valence-electron chi connectivity index (χ0n) is 12.6. The SMILES string of the molecule is CC[C@H](CC(C)(C)S(N)=O)c1ccc(Cl)cc1COC. The molecule has 3 nitrogen and oxygen atoms in total. The van der Waals surface area contributed by atoms with Crippen LogP contribution in [-0.4, -0.2) is 16.1 Å². The molecule has 114 valence electrons. The summed E-state index contributed by atoms with van der Waals surface area (Å²) in [5, 5.41) is 6.30. The van der Waals surface area contributed by atoms with Crippen molar-refractivity contribution in [3.8, 4) is 0 Å². The van der Waals surface area contributed by atoms with Gasteiger partial charge in [0.1, 0.15) is 0 Å². The topological polar surface area (TPSA) is 52.3 Å². The summed E-state index contributed by atoms with van der Waals surface area (Å²) in [6.45, 7) is 6.54. The fraction of sp³-hybridized carbons (Fsp3) is 0.600. The summed E-state index contributed by atoms with van der Waals surface area (Å²) in [5.74, 6) is 0.292. The number of nitrogens with two attached hydrogens (primary N) is 1. The highest BCUT2D eigenvalue weighted by Gasteiger charge is 2.28. The van der Waals surface area contributed by atoms with Gasteiger partial charge in [-0.15, -0.1) is 0 Å². The molecule has 0 fully saturated rings. The van der Waals surface area contributed by atoms with Gasteiger partial charge < -0.3 is 4.74 Å². The second-order valence-electron chi connectivity index (χ2n) is 5.64. The van der Waals surface area contributed by atoms with E-state index in [1.165, 1.54) is 5.56 Å². The van der Waals surface area contributed by atoms with Crippen LogP contribution in [0.2, 0.25) is 5.02 Å². The van der Waals surface area contributed by atoms with Crippen molar-refractivity contribution in [1.82, 2.24) is 0 Å². The maximum Gasteiger partial charge on any atom is 0.0945 e. The fourth-order valence-electron chi connectivity index (χ4n) is 2.40. The highest BCUT2D eigenvalue weighted by atomic mass is 35.5. The standard InChI is InChI=1S/C15H24ClNO2S/c1-5-11(9-15(2,3)20(17)18)14-7-6-13(16)8-12(14)10-19-4/h6-8,11H,5,9-10,17H2,1-4H3/t11-,20?/m1/s1. The van der Waals surface area contributed by atoms with Gasteiger partial charge in [0.15, 0.2) is 0 Å². The molecule has 2 atom stereocenters. The Bertz CT molecular complexity index is 477. The molecule has 0 amide bonds. The lowest BCUT2D eigenvalue weighted by molar-refractivity contribution is 0.183. The maximum atomic E-state index is 11.7. The average molecular weight is 318 g/mol. The van der Waals surface area contributed by atoms with Gasteiger partial charge in [0.2, 0.25) is 0 Å². The van der Waals surface area contributed by atoms with Crippen LogP contribution in [0.3, 0.4) is 0 Å². The number of ether oxygens (including phenoxy) is 1. The van der Waals surface area contributed by atoms with Crippen molar-refractivity contribution >= 4 is 22.6 Å². The third-order valence-electron chi connectivity index (χ3n) is 3.62. The molecular weight excluding hydrogens is 294 g/mol. The molecule has 0 spiro atoms. The predicted octanol–water partition coefficient (Wildman–Crippen LogP) is 3.77. The minimum Gasteiger partial charge on any atom is -0.380 e. The highest BCUT2D eigenvalue weighted by molar-refractivity contribution is 7.84. The van der Waals surface area contributed by atoms with E-state index in [-0.39, 0.29) is 0 Å². The molecule has 0 aliphatic carbocycles. The van der Waals surface area contributed by atoms with Crippen LogP contribution in [0.4, 0.5) is 0 Å². The van der Waals surface area contributed by atoms with Gasteiger partial charge in [-0.25, -0.2) is 4.21 Å². The smallest absolute Gasteiger partial charge is 0.0945 e. The third-order valence-corrected chi connectivity index (χ3v) is 5.11. The molecule has 1 aromatic carbocycles. The van der Waals surface area contributed by atoms with Crippen molar-refractivity contribution in [2.75, 3.05) is 7.11 Å². The summed E-state index contributed by atoms with van der Waals surface area (Å²) < 4.78 is 16.5. The zero-order chi connectivity index (χ0) is 15.3. The molecule has 0 heterocycles. The van der Waals surface area contributed by atoms with Crippen molar-refractivity contribution in [1.29, 1.82) is 0 Å². The first-order valence-corrected chi connectivity index (χ1v) is 8.34. The summed E-state index contributed by atoms with van der Waals surface area (Å²) in [5.41, 5.74) is 2.29. The molecule has 1 unspecified atom stereocenters. The molecule has 1 rings (SSSR count). The summed E-state index contributed by atoms with van der Waals surface area (Å²) in [6.07, 6.45) is 1.73. The lowest BCUT2D eigenvalue weighted by atomic mass is 9.85. The number of rotatable bonds is 7. The van der Waals surface area contributed by atoms with E-state index in [1.54, 1.807) is 7.11 Å². The van der Waals surface area contributed by atoms with Gasteiger partial charge >= 0.3 is 0 Å². The molecule has 0 saturated carbocycles. The van der Waals surface area contributed by atoms with E-state index in [0.29, 0.717) is 17.5 Å². The zero-order valence-corrected chi connectivity index (χ0v) is 14.2. The van der Waals surface area contributed by atoms with Crippen LogP contribution in [-0.2, 0) is 22.3 Å². The lowest BCUT2D eigenvalue weighted by Crippen LogP contribution is -2.33. The molecule has 0 radical (unpaired) electrons. The Morgan fingerprint density at radius 3 is 2.60 bits per heavy atom. The number of halogens is 1. The first-order chi connectivity index (χ1) is 9.31.